The Bertz CT molecular complexity index is 328. The van der Waals surface area contributed by atoms with Crippen molar-refractivity contribution in [2.45, 2.75) is 25.8 Å². The zero-order valence-electron chi connectivity index (χ0n) is 10.9. The molecule has 3 nitrogen and oxygen atoms in total. The fourth-order valence-electron chi connectivity index (χ4n) is 2.42. The number of nitrogens with zero attached hydrogens (tertiary/aromatic N) is 1. The fourth-order valence-corrected chi connectivity index (χ4v) is 2.42. The lowest BCUT2D eigenvalue weighted by Gasteiger charge is -2.33. The molecule has 0 spiro atoms. The summed E-state index contributed by atoms with van der Waals surface area (Å²) in [6.45, 7) is 5.38. The summed E-state index contributed by atoms with van der Waals surface area (Å²) >= 11 is 0. The predicted molar refractivity (Wildman–Crippen MR) is 74.9 cm³/mol. The Hall–Kier alpha value is -1.22. The van der Waals surface area contributed by atoms with E-state index in [-0.39, 0.29) is 0 Å². The molecule has 0 saturated carbocycles. The van der Waals surface area contributed by atoms with Gasteiger partial charge in [0.1, 0.15) is 0 Å². The van der Waals surface area contributed by atoms with Gasteiger partial charge >= 0.3 is 0 Å². The van der Waals surface area contributed by atoms with Crippen molar-refractivity contribution in [2.24, 2.45) is 0 Å². The van der Waals surface area contributed by atoms with E-state index in [4.69, 9.17) is 0 Å². The van der Waals surface area contributed by atoms with Crippen molar-refractivity contribution >= 4 is 11.4 Å². The number of hydrogen-bond acceptors (Lipinski definition) is 3. The Morgan fingerprint density at radius 2 is 1.88 bits per heavy atom. The monoisotopic (exact) mass is 233 g/mol. The lowest BCUT2D eigenvalue weighted by molar-refractivity contribution is 0.443. The number of piperidine rings is 1. The number of rotatable bonds is 4. The SMILES string of the molecule is CCNc1ccc(N(C)C2CCNCC2)cc1. The van der Waals surface area contributed by atoms with Gasteiger partial charge in [-0.05, 0) is 57.1 Å². The molecule has 94 valence electrons. The summed E-state index contributed by atoms with van der Waals surface area (Å²) in [7, 11) is 2.21. The number of benzene rings is 1. The van der Waals surface area contributed by atoms with Gasteiger partial charge in [0.15, 0.2) is 0 Å². The molecule has 0 radical (unpaired) electrons. The van der Waals surface area contributed by atoms with Gasteiger partial charge in [0.05, 0.1) is 0 Å². The van der Waals surface area contributed by atoms with E-state index in [1.165, 1.54) is 24.2 Å². The van der Waals surface area contributed by atoms with Crippen LogP contribution in [-0.2, 0) is 0 Å². The molecule has 1 aliphatic rings. The van der Waals surface area contributed by atoms with Crippen LogP contribution in [0.4, 0.5) is 11.4 Å². The summed E-state index contributed by atoms with van der Waals surface area (Å²) in [6, 6.07) is 9.42. The van der Waals surface area contributed by atoms with Gasteiger partial charge in [-0.15, -0.1) is 0 Å². The number of anilines is 2. The molecule has 0 aromatic heterocycles. The van der Waals surface area contributed by atoms with Gasteiger partial charge in [-0.3, -0.25) is 0 Å². The second-order valence-electron chi connectivity index (χ2n) is 4.67. The molecule has 1 aliphatic heterocycles. The van der Waals surface area contributed by atoms with Crippen LogP contribution in [0.15, 0.2) is 24.3 Å². The van der Waals surface area contributed by atoms with E-state index in [0.717, 1.165) is 19.6 Å². The van der Waals surface area contributed by atoms with E-state index in [0.29, 0.717) is 6.04 Å². The molecule has 1 heterocycles. The maximum atomic E-state index is 3.41. The Morgan fingerprint density at radius 3 is 2.47 bits per heavy atom. The molecule has 1 saturated heterocycles. The molecule has 3 heteroatoms. The van der Waals surface area contributed by atoms with E-state index in [9.17, 15) is 0 Å². The van der Waals surface area contributed by atoms with E-state index in [1.807, 2.05) is 0 Å². The van der Waals surface area contributed by atoms with Gasteiger partial charge in [0, 0.05) is 31.0 Å². The summed E-state index contributed by atoms with van der Waals surface area (Å²) in [4.78, 5) is 2.41. The largest absolute Gasteiger partial charge is 0.385 e. The van der Waals surface area contributed by atoms with Crippen molar-refractivity contribution in [1.29, 1.82) is 0 Å². The molecular weight excluding hydrogens is 210 g/mol. The first-order valence-electron chi connectivity index (χ1n) is 6.58. The topological polar surface area (TPSA) is 27.3 Å². The molecule has 0 bridgehead atoms. The van der Waals surface area contributed by atoms with Crippen LogP contribution in [0, 0.1) is 0 Å². The highest BCUT2D eigenvalue weighted by molar-refractivity contribution is 5.55. The van der Waals surface area contributed by atoms with Crippen molar-refractivity contribution in [3.63, 3.8) is 0 Å². The normalized spacial score (nSPS) is 16.8. The van der Waals surface area contributed by atoms with Crippen molar-refractivity contribution in [3.8, 4) is 0 Å². The molecule has 1 aromatic carbocycles. The number of hydrogen-bond donors (Lipinski definition) is 2. The summed E-state index contributed by atoms with van der Waals surface area (Å²) in [5, 5.41) is 6.73. The standard InChI is InChI=1S/C14H23N3/c1-3-16-12-4-6-13(7-5-12)17(2)14-8-10-15-11-9-14/h4-7,14-16H,3,8-11H2,1-2H3. The Balaban J connectivity index is 2.00. The van der Waals surface area contributed by atoms with Crippen LogP contribution in [0.5, 0.6) is 0 Å². The highest BCUT2D eigenvalue weighted by Crippen LogP contribution is 2.21. The predicted octanol–water partition coefficient (Wildman–Crippen LogP) is 2.31. The third kappa shape index (κ3) is 3.13. The van der Waals surface area contributed by atoms with Crippen molar-refractivity contribution in [3.05, 3.63) is 24.3 Å². The Labute approximate surface area is 104 Å². The molecular formula is C14H23N3. The minimum Gasteiger partial charge on any atom is -0.385 e. The average molecular weight is 233 g/mol. The van der Waals surface area contributed by atoms with Crippen LogP contribution >= 0.6 is 0 Å². The van der Waals surface area contributed by atoms with Gasteiger partial charge in [0.2, 0.25) is 0 Å². The fraction of sp³-hybridized carbons (Fsp3) is 0.571. The van der Waals surface area contributed by atoms with E-state index in [1.54, 1.807) is 0 Å². The molecule has 2 N–H and O–H groups in total. The van der Waals surface area contributed by atoms with Crippen LogP contribution in [0.3, 0.4) is 0 Å². The zero-order chi connectivity index (χ0) is 12.1. The van der Waals surface area contributed by atoms with Gasteiger partial charge in [0.25, 0.3) is 0 Å². The van der Waals surface area contributed by atoms with Gasteiger partial charge in [-0.2, -0.15) is 0 Å². The maximum absolute atomic E-state index is 3.41. The summed E-state index contributed by atoms with van der Waals surface area (Å²) in [6.07, 6.45) is 2.48. The zero-order valence-corrected chi connectivity index (χ0v) is 10.9. The lowest BCUT2D eigenvalue weighted by Crippen LogP contribution is -2.41. The minimum absolute atomic E-state index is 0.682. The third-order valence-electron chi connectivity index (χ3n) is 3.51. The summed E-state index contributed by atoms with van der Waals surface area (Å²) in [5.41, 5.74) is 2.52. The quantitative estimate of drug-likeness (QED) is 0.835. The average Bonchev–Trinajstić information content (AvgIpc) is 2.40. The molecule has 0 aliphatic carbocycles. The molecule has 1 aromatic rings. The molecule has 0 amide bonds. The Morgan fingerprint density at radius 1 is 1.24 bits per heavy atom. The van der Waals surface area contributed by atoms with Crippen LogP contribution in [0.25, 0.3) is 0 Å². The lowest BCUT2D eigenvalue weighted by atomic mass is 10.0. The molecule has 17 heavy (non-hydrogen) atoms. The molecule has 2 rings (SSSR count). The second kappa shape index (κ2) is 5.92. The summed E-state index contributed by atoms with van der Waals surface area (Å²) < 4.78 is 0. The highest BCUT2D eigenvalue weighted by Gasteiger charge is 2.17. The summed E-state index contributed by atoms with van der Waals surface area (Å²) in [5.74, 6) is 0. The Kier molecular flexibility index (Phi) is 4.26. The van der Waals surface area contributed by atoms with Crippen molar-refractivity contribution in [2.75, 3.05) is 36.9 Å². The first-order valence-corrected chi connectivity index (χ1v) is 6.58. The van der Waals surface area contributed by atoms with E-state index < -0.39 is 0 Å². The van der Waals surface area contributed by atoms with Gasteiger partial charge in [-0.25, -0.2) is 0 Å². The molecule has 0 unspecified atom stereocenters. The van der Waals surface area contributed by atoms with Crippen LogP contribution < -0.4 is 15.5 Å². The third-order valence-corrected chi connectivity index (χ3v) is 3.51. The first kappa shape index (κ1) is 12.2. The first-order chi connectivity index (χ1) is 8.31. The number of nitrogens with one attached hydrogen (secondary N) is 2. The van der Waals surface area contributed by atoms with Gasteiger partial charge in [-0.1, -0.05) is 0 Å². The maximum Gasteiger partial charge on any atom is 0.0367 e. The van der Waals surface area contributed by atoms with Crippen LogP contribution in [0.2, 0.25) is 0 Å². The van der Waals surface area contributed by atoms with E-state index in [2.05, 4.69) is 53.8 Å². The minimum atomic E-state index is 0.682. The van der Waals surface area contributed by atoms with Crippen LogP contribution in [-0.4, -0.2) is 32.7 Å². The molecule has 1 fully saturated rings. The smallest absolute Gasteiger partial charge is 0.0367 e. The van der Waals surface area contributed by atoms with Crippen molar-refractivity contribution in [1.82, 2.24) is 5.32 Å². The molecule has 0 atom stereocenters. The second-order valence-corrected chi connectivity index (χ2v) is 4.67. The van der Waals surface area contributed by atoms with Crippen molar-refractivity contribution < 1.29 is 0 Å². The van der Waals surface area contributed by atoms with E-state index >= 15 is 0 Å². The van der Waals surface area contributed by atoms with Gasteiger partial charge < -0.3 is 15.5 Å². The highest BCUT2D eigenvalue weighted by atomic mass is 15.1. The van der Waals surface area contributed by atoms with Crippen LogP contribution in [0.1, 0.15) is 19.8 Å².